The average Bonchev–Trinajstić information content (AvgIpc) is 3.03. The van der Waals surface area contributed by atoms with E-state index in [1.807, 2.05) is 6.07 Å². The molecule has 0 bridgehead atoms. The molecule has 1 atom stereocenters. The molecule has 4 rings (SSSR count). The molecule has 2 N–H and O–H groups in total. The van der Waals surface area contributed by atoms with Gasteiger partial charge in [0.2, 0.25) is 11.8 Å². The van der Waals surface area contributed by atoms with Gasteiger partial charge in [0.1, 0.15) is 17.4 Å². The van der Waals surface area contributed by atoms with Gasteiger partial charge in [-0.05, 0) is 36.6 Å². The van der Waals surface area contributed by atoms with Crippen molar-refractivity contribution in [3.8, 4) is 5.75 Å². The molecule has 2 aliphatic heterocycles. The molecule has 130 valence electrons. The highest BCUT2D eigenvalue weighted by atomic mass is 16.5. The van der Waals surface area contributed by atoms with Crippen LogP contribution >= 0.6 is 0 Å². The van der Waals surface area contributed by atoms with Crippen molar-refractivity contribution in [2.75, 3.05) is 17.7 Å². The number of rotatable bonds is 3. The van der Waals surface area contributed by atoms with Crippen LogP contribution in [-0.2, 0) is 22.6 Å². The van der Waals surface area contributed by atoms with E-state index in [1.165, 1.54) is 0 Å². The summed E-state index contributed by atoms with van der Waals surface area (Å²) in [7, 11) is 1.58. The van der Waals surface area contributed by atoms with Crippen molar-refractivity contribution in [1.82, 2.24) is 9.55 Å². The standard InChI is InChI=1S/C18H20N4O3/c1-25-11-5-6-14-12(8-11)13(9-17(23)20-14)18(24)21-16-10-19-15-4-2-3-7-22(15)16/h5-6,8,10,13H,2-4,7,9H2,1H3,(H,20,23)(H,21,24). The van der Waals surface area contributed by atoms with Gasteiger partial charge in [0.05, 0.1) is 19.2 Å². The summed E-state index contributed by atoms with van der Waals surface area (Å²) >= 11 is 0. The first-order valence-corrected chi connectivity index (χ1v) is 8.49. The van der Waals surface area contributed by atoms with Crippen LogP contribution in [0.3, 0.4) is 0 Å². The number of benzene rings is 1. The van der Waals surface area contributed by atoms with Crippen LogP contribution in [0, 0.1) is 0 Å². The molecule has 0 aliphatic carbocycles. The van der Waals surface area contributed by atoms with Gasteiger partial charge in [-0.1, -0.05) is 0 Å². The molecule has 0 radical (unpaired) electrons. The number of methoxy groups -OCH3 is 1. The van der Waals surface area contributed by atoms with Gasteiger partial charge in [-0.2, -0.15) is 0 Å². The van der Waals surface area contributed by atoms with Crippen LogP contribution in [0.2, 0.25) is 0 Å². The molecule has 7 heteroatoms. The number of aromatic nitrogens is 2. The first-order valence-electron chi connectivity index (χ1n) is 8.49. The Bertz CT molecular complexity index is 843. The number of ether oxygens (including phenoxy) is 1. The number of imidazole rings is 1. The highest BCUT2D eigenvalue weighted by Gasteiger charge is 2.32. The molecular weight excluding hydrogens is 320 g/mol. The van der Waals surface area contributed by atoms with Crippen molar-refractivity contribution in [2.24, 2.45) is 0 Å². The Labute approximate surface area is 145 Å². The molecule has 25 heavy (non-hydrogen) atoms. The van der Waals surface area contributed by atoms with Crippen molar-refractivity contribution >= 4 is 23.3 Å². The van der Waals surface area contributed by atoms with Crippen molar-refractivity contribution in [1.29, 1.82) is 0 Å². The minimum atomic E-state index is -0.548. The summed E-state index contributed by atoms with van der Waals surface area (Å²) < 4.78 is 7.31. The van der Waals surface area contributed by atoms with Crippen LogP contribution in [0.4, 0.5) is 11.5 Å². The zero-order chi connectivity index (χ0) is 17.4. The number of nitrogens with zero attached hydrogens (tertiary/aromatic N) is 2. The zero-order valence-corrected chi connectivity index (χ0v) is 14.0. The molecule has 1 unspecified atom stereocenters. The number of anilines is 2. The van der Waals surface area contributed by atoms with Crippen LogP contribution in [0.25, 0.3) is 0 Å². The van der Waals surface area contributed by atoms with E-state index in [-0.39, 0.29) is 18.2 Å². The van der Waals surface area contributed by atoms with Gasteiger partial charge in [-0.15, -0.1) is 0 Å². The Morgan fingerprint density at radius 3 is 3.12 bits per heavy atom. The predicted octanol–water partition coefficient (Wildman–Crippen LogP) is 2.29. The Hall–Kier alpha value is -2.83. The van der Waals surface area contributed by atoms with Crippen LogP contribution in [-0.4, -0.2) is 28.5 Å². The Morgan fingerprint density at radius 1 is 1.40 bits per heavy atom. The second kappa shape index (κ2) is 6.23. The van der Waals surface area contributed by atoms with E-state index >= 15 is 0 Å². The molecule has 2 aromatic rings. The molecule has 0 saturated heterocycles. The second-order valence-corrected chi connectivity index (χ2v) is 6.42. The maximum absolute atomic E-state index is 12.9. The van der Waals surface area contributed by atoms with Gasteiger partial charge in [-0.25, -0.2) is 4.98 Å². The van der Waals surface area contributed by atoms with Gasteiger partial charge in [0.25, 0.3) is 0 Å². The SMILES string of the molecule is COc1ccc2c(c1)C(C(=O)Nc1cnc3n1CCCC3)CC(=O)N2. The Balaban J connectivity index is 1.62. The topological polar surface area (TPSA) is 85.2 Å². The van der Waals surface area contributed by atoms with Crippen molar-refractivity contribution in [2.45, 2.75) is 38.1 Å². The Morgan fingerprint density at radius 2 is 2.28 bits per heavy atom. The fourth-order valence-electron chi connectivity index (χ4n) is 3.53. The summed E-state index contributed by atoms with van der Waals surface area (Å²) in [6, 6.07) is 5.35. The third-order valence-electron chi connectivity index (χ3n) is 4.84. The molecule has 2 aliphatic rings. The lowest BCUT2D eigenvalue weighted by Crippen LogP contribution is -2.31. The van der Waals surface area contributed by atoms with Gasteiger partial charge in [0, 0.05) is 25.1 Å². The zero-order valence-electron chi connectivity index (χ0n) is 14.0. The summed E-state index contributed by atoms with van der Waals surface area (Å²) in [5, 5.41) is 5.77. The monoisotopic (exact) mass is 340 g/mol. The fourth-order valence-corrected chi connectivity index (χ4v) is 3.53. The number of nitrogens with one attached hydrogen (secondary N) is 2. The first-order chi connectivity index (χ1) is 12.2. The van der Waals surface area contributed by atoms with E-state index in [4.69, 9.17) is 4.74 Å². The first kappa shape index (κ1) is 15.7. The molecule has 0 spiro atoms. The molecule has 1 aromatic heterocycles. The molecule has 1 aromatic carbocycles. The van der Waals surface area contributed by atoms with E-state index in [9.17, 15) is 9.59 Å². The summed E-state index contributed by atoms with van der Waals surface area (Å²) in [5.41, 5.74) is 1.43. The third-order valence-corrected chi connectivity index (χ3v) is 4.84. The Kier molecular flexibility index (Phi) is 3.91. The normalized spacial score (nSPS) is 18.8. The minimum Gasteiger partial charge on any atom is -0.497 e. The molecule has 0 fully saturated rings. The van der Waals surface area contributed by atoms with Crippen LogP contribution < -0.4 is 15.4 Å². The number of aryl methyl sites for hydroxylation is 1. The van der Waals surface area contributed by atoms with Crippen molar-refractivity contribution < 1.29 is 14.3 Å². The lowest BCUT2D eigenvalue weighted by molar-refractivity contribution is -0.123. The van der Waals surface area contributed by atoms with Crippen LogP contribution in [0.5, 0.6) is 5.75 Å². The molecule has 0 saturated carbocycles. The van der Waals surface area contributed by atoms with Crippen molar-refractivity contribution in [3.05, 3.63) is 35.8 Å². The molecule has 2 amide bonds. The summed E-state index contributed by atoms with van der Waals surface area (Å²) in [6.45, 7) is 0.862. The number of carbonyl (C=O) groups is 2. The van der Waals surface area contributed by atoms with E-state index in [1.54, 1.807) is 25.4 Å². The van der Waals surface area contributed by atoms with E-state index < -0.39 is 5.92 Å². The number of hydrogen-bond acceptors (Lipinski definition) is 4. The molecular formula is C18H20N4O3. The lowest BCUT2D eigenvalue weighted by atomic mass is 9.89. The molecule has 3 heterocycles. The van der Waals surface area contributed by atoms with Gasteiger partial charge < -0.3 is 19.9 Å². The average molecular weight is 340 g/mol. The fraction of sp³-hybridized carbons (Fsp3) is 0.389. The number of carbonyl (C=O) groups excluding carboxylic acids is 2. The number of amides is 2. The predicted molar refractivity (Wildman–Crippen MR) is 92.8 cm³/mol. The van der Waals surface area contributed by atoms with E-state index in [2.05, 4.69) is 20.2 Å². The van der Waals surface area contributed by atoms with E-state index in [0.29, 0.717) is 17.3 Å². The minimum absolute atomic E-state index is 0.118. The summed E-state index contributed by atoms with van der Waals surface area (Å²) in [4.78, 5) is 29.3. The van der Waals surface area contributed by atoms with Crippen molar-refractivity contribution in [3.63, 3.8) is 0 Å². The smallest absolute Gasteiger partial charge is 0.233 e. The molecule has 7 nitrogen and oxygen atoms in total. The largest absolute Gasteiger partial charge is 0.497 e. The summed E-state index contributed by atoms with van der Waals surface area (Å²) in [5.74, 6) is 1.47. The van der Waals surface area contributed by atoms with E-state index in [0.717, 1.165) is 37.2 Å². The maximum Gasteiger partial charge on any atom is 0.233 e. The quantitative estimate of drug-likeness (QED) is 0.898. The summed E-state index contributed by atoms with van der Waals surface area (Å²) in [6.07, 6.45) is 4.96. The maximum atomic E-state index is 12.9. The lowest BCUT2D eigenvalue weighted by Gasteiger charge is -2.25. The van der Waals surface area contributed by atoms with Crippen LogP contribution in [0.15, 0.2) is 24.4 Å². The van der Waals surface area contributed by atoms with Crippen LogP contribution in [0.1, 0.15) is 36.6 Å². The van der Waals surface area contributed by atoms with Gasteiger partial charge in [0.15, 0.2) is 0 Å². The third kappa shape index (κ3) is 2.86. The number of hydrogen-bond donors (Lipinski definition) is 2. The van der Waals surface area contributed by atoms with Gasteiger partial charge >= 0.3 is 0 Å². The highest BCUT2D eigenvalue weighted by Crippen LogP contribution is 2.35. The number of fused-ring (bicyclic) bond motifs is 2. The van der Waals surface area contributed by atoms with Gasteiger partial charge in [-0.3, -0.25) is 9.59 Å². The second-order valence-electron chi connectivity index (χ2n) is 6.42. The highest BCUT2D eigenvalue weighted by molar-refractivity contribution is 6.05.